The number of ether oxygens (including phenoxy) is 1. The first-order chi connectivity index (χ1) is 9.17. The van der Waals surface area contributed by atoms with Gasteiger partial charge in [0, 0.05) is 24.0 Å². The van der Waals surface area contributed by atoms with E-state index in [4.69, 9.17) is 22.2 Å². The van der Waals surface area contributed by atoms with Crippen LogP contribution in [0.3, 0.4) is 0 Å². The Bertz CT molecular complexity index is 580. The van der Waals surface area contributed by atoms with E-state index in [0.717, 1.165) is 0 Å². The van der Waals surface area contributed by atoms with Crippen molar-refractivity contribution in [2.45, 2.75) is 6.04 Å². The van der Waals surface area contributed by atoms with Crippen LogP contribution in [-0.4, -0.2) is 12.1 Å². The summed E-state index contributed by atoms with van der Waals surface area (Å²) in [6.45, 7) is 0. The van der Waals surface area contributed by atoms with Gasteiger partial charge in [0.1, 0.15) is 11.6 Å². The standard InChI is InChI=1S/C13H13ClFN3O/c1-19-8-2-3-10(12(15)6-8)13(18-16)9-4-5-17-7-11(9)14/h2-7,13,18H,16H2,1H3. The predicted octanol–water partition coefficient (Wildman–Crippen LogP) is 2.44. The summed E-state index contributed by atoms with van der Waals surface area (Å²) >= 11 is 6.05. The second-order valence-corrected chi connectivity index (χ2v) is 4.29. The number of rotatable bonds is 4. The van der Waals surface area contributed by atoms with E-state index in [1.807, 2.05) is 0 Å². The average molecular weight is 282 g/mol. The molecule has 100 valence electrons. The smallest absolute Gasteiger partial charge is 0.132 e. The number of benzene rings is 1. The minimum atomic E-state index is -0.554. The molecule has 6 heteroatoms. The number of nitrogens with one attached hydrogen (secondary N) is 1. The molecule has 1 heterocycles. The van der Waals surface area contributed by atoms with Gasteiger partial charge < -0.3 is 4.74 Å². The van der Waals surface area contributed by atoms with Crippen molar-refractivity contribution in [2.24, 2.45) is 5.84 Å². The summed E-state index contributed by atoms with van der Waals surface area (Å²) < 4.78 is 19.0. The second kappa shape index (κ2) is 5.97. The van der Waals surface area contributed by atoms with Crippen molar-refractivity contribution >= 4 is 11.6 Å². The molecule has 0 saturated carbocycles. The van der Waals surface area contributed by atoms with Gasteiger partial charge in [-0.15, -0.1) is 0 Å². The lowest BCUT2D eigenvalue weighted by Gasteiger charge is -2.18. The molecular formula is C13H13ClFN3O. The number of nitrogens with zero attached hydrogens (tertiary/aromatic N) is 1. The van der Waals surface area contributed by atoms with E-state index in [2.05, 4.69) is 10.4 Å². The Kier molecular flexibility index (Phi) is 4.31. The molecule has 19 heavy (non-hydrogen) atoms. The lowest BCUT2D eigenvalue weighted by atomic mass is 9.99. The molecule has 0 spiro atoms. The Morgan fingerprint density at radius 1 is 1.37 bits per heavy atom. The number of halogens is 2. The van der Waals surface area contributed by atoms with Crippen LogP contribution < -0.4 is 16.0 Å². The molecule has 1 aromatic heterocycles. The summed E-state index contributed by atoms with van der Waals surface area (Å²) in [6, 6.07) is 5.71. The normalized spacial score (nSPS) is 12.2. The number of aromatic nitrogens is 1. The highest BCUT2D eigenvalue weighted by molar-refractivity contribution is 6.31. The number of hydrazine groups is 1. The predicted molar refractivity (Wildman–Crippen MR) is 71.4 cm³/mol. The van der Waals surface area contributed by atoms with Crippen LogP contribution in [0.4, 0.5) is 4.39 Å². The Hall–Kier alpha value is -1.69. The Morgan fingerprint density at radius 2 is 2.16 bits per heavy atom. The maximum atomic E-state index is 14.1. The van der Waals surface area contributed by atoms with Gasteiger partial charge in [0.25, 0.3) is 0 Å². The molecule has 0 aliphatic heterocycles. The molecule has 0 fully saturated rings. The quantitative estimate of drug-likeness (QED) is 0.667. The number of hydrogen-bond donors (Lipinski definition) is 2. The lowest BCUT2D eigenvalue weighted by molar-refractivity contribution is 0.410. The molecule has 2 aromatic rings. The van der Waals surface area contributed by atoms with Crippen LogP contribution in [0.2, 0.25) is 5.02 Å². The van der Waals surface area contributed by atoms with Gasteiger partial charge in [-0.25, -0.2) is 9.82 Å². The zero-order valence-corrected chi connectivity index (χ0v) is 11.0. The second-order valence-electron chi connectivity index (χ2n) is 3.88. The Morgan fingerprint density at radius 3 is 2.74 bits per heavy atom. The summed E-state index contributed by atoms with van der Waals surface area (Å²) in [4.78, 5) is 3.89. The molecule has 0 radical (unpaired) electrons. The fourth-order valence-corrected chi connectivity index (χ4v) is 2.06. The van der Waals surface area contributed by atoms with Crippen LogP contribution in [0.25, 0.3) is 0 Å². The SMILES string of the molecule is COc1ccc(C(NN)c2ccncc2Cl)c(F)c1. The van der Waals surface area contributed by atoms with E-state index >= 15 is 0 Å². The van der Waals surface area contributed by atoms with Crippen molar-refractivity contribution in [3.8, 4) is 5.75 Å². The van der Waals surface area contributed by atoms with Gasteiger partial charge in [-0.2, -0.15) is 0 Å². The van der Waals surface area contributed by atoms with Crippen LogP contribution >= 0.6 is 11.6 Å². The zero-order chi connectivity index (χ0) is 13.8. The first-order valence-electron chi connectivity index (χ1n) is 5.56. The minimum absolute atomic E-state index is 0.386. The van der Waals surface area contributed by atoms with Crippen LogP contribution in [-0.2, 0) is 0 Å². The molecule has 0 aliphatic rings. The summed E-state index contributed by atoms with van der Waals surface area (Å²) in [7, 11) is 1.48. The number of methoxy groups -OCH3 is 1. The Labute approximate surface area is 115 Å². The largest absolute Gasteiger partial charge is 0.497 e. The topological polar surface area (TPSA) is 60.2 Å². The molecule has 1 unspecified atom stereocenters. The molecule has 1 aromatic carbocycles. The highest BCUT2D eigenvalue weighted by Gasteiger charge is 2.19. The maximum absolute atomic E-state index is 14.1. The minimum Gasteiger partial charge on any atom is -0.497 e. The molecule has 4 nitrogen and oxygen atoms in total. The van der Waals surface area contributed by atoms with Gasteiger partial charge in [0.05, 0.1) is 18.2 Å². The molecular weight excluding hydrogens is 269 g/mol. The molecule has 0 amide bonds. The third-order valence-corrected chi connectivity index (χ3v) is 3.12. The van der Waals surface area contributed by atoms with Gasteiger partial charge in [-0.3, -0.25) is 10.8 Å². The third kappa shape index (κ3) is 2.84. The number of nitrogens with two attached hydrogens (primary N) is 1. The van der Waals surface area contributed by atoms with Crippen molar-refractivity contribution in [2.75, 3.05) is 7.11 Å². The van der Waals surface area contributed by atoms with E-state index < -0.39 is 11.9 Å². The third-order valence-electron chi connectivity index (χ3n) is 2.80. The maximum Gasteiger partial charge on any atom is 0.132 e. The average Bonchev–Trinajstić information content (AvgIpc) is 2.43. The van der Waals surface area contributed by atoms with Crippen molar-refractivity contribution in [1.82, 2.24) is 10.4 Å². The molecule has 1 atom stereocenters. The molecule has 3 N–H and O–H groups in total. The molecule has 0 aliphatic carbocycles. The Balaban J connectivity index is 2.46. The van der Waals surface area contributed by atoms with Crippen LogP contribution in [0.15, 0.2) is 36.7 Å². The lowest BCUT2D eigenvalue weighted by Crippen LogP contribution is -2.29. The number of hydrogen-bond acceptors (Lipinski definition) is 4. The van der Waals surface area contributed by atoms with Crippen LogP contribution in [0.1, 0.15) is 17.2 Å². The summed E-state index contributed by atoms with van der Waals surface area (Å²) in [5.41, 5.74) is 3.60. The molecule has 0 saturated heterocycles. The van der Waals surface area contributed by atoms with Gasteiger partial charge in [-0.05, 0) is 17.7 Å². The highest BCUT2D eigenvalue weighted by Crippen LogP contribution is 2.30. The van der Waals surface area contributed by atoms with Crippen molar-refractivity contribution in [3.63, 3.8) is 0 Å². The first kappa shape index (κ1) is 13.7. The monoisotopic (exact) mass is 281 g/mol. The molecule has 2 rings (SSSR count). The fraction of sp³-hybridized carbons (Fsp3) is 0.154. The zero-order valence-electron chi connectivity index (χ0n) is 10.2. The highest BCUT2D eigenvalue weighted by atomic mass is 35.5. The number of pyridine rings is 1. The van der Waals surface area contributed by atoms with E-state index in [0.29, 0.717) is 21.9 Å². The summed E-state index contributed by atoms with van der Waals surface area (Å²) in [6.07, 6.45) is 3.07. The van der Waals surface area contributed by atoms with Gasteiger partial charge in [-0.1, -0.05) is 17.7 Å². The van der Waals surface area contributed by atoms with E-state index in [1.165, 1.54) is 19.4 Å². The van der Waals surface area contributed by atoms with Crippen molar-refractivity contribution in [3.05, 3.63) is 58.6 Å². The van der Waals surface area contributed by atoms with Crippen LogP contribution in [0.5, 0.6) is 5.75 Å². The van der Waals surface area contributed by atoms with Gasteiger partial charge >= 0.3 is 0 Å². The van der Waals surface area contributed by atoms with Gasteiger partial charge in [0.15, 0.2) is 0 Å². The van der Waals surface area contributed by atoms with Crippen molar-refractivity contribution in [1.29, 1.82) is 0 Å². The van der Waals surface area contributed by atoms with E-state index in [-0.39, 0.29) is 0 Å². The van der Waals surface area contributed by atoms with Crippen LogP contribution in [0, 0.1) is 5.82 Å². The van der Waals surface area contributed by atoms with E-state index in [9.17, 15) is 4.39 Å². The summed E-state index contributed by atoms with van der Waals surface area (Å²) in [5.74, 6) is 5.54. The molecule has 0 bridgehead atoms. The van der Waals surface area contributed by atoms with E-state index in [1.54, 1.807) is 24.4 Å². The van der Waals surface area contributed by atoms with Crippen molar-refractivity contribution < 1.29 is 9.13 Å². The summed E-state index contributed by atoms with van der Waals surface area (Å²) in [5, 5.41) is 0.417. The van der Waals surface area contributed by atoms with Gasteiger partial charge in [0.2, 0.25) is 0 Å². The fourth-order valence-electron chi connectivity index (χ4n) is 1.84. The first-order valence-corrected chi connectivity index (χ1v) is 5.94.